The van der Waals surface area contributed by atoms with E-state index in [0.717, 1.165) is 5.56 Å². The molecule has 128 valence electrons. The lowest BCUT2D eigenvalue weighted by Crippen LogP contribution is -2.52. The second kappa shape index (κ2) is 7.40. The summed E-state index contributed by atoms with van der Waals surface area (Å²) in [6.07, 6.45) is 0.324. The van der Waals surface area contributed by atoms with Crippen molar-refractivity contribution >= 4 is 15.9 Å². The molecule has 0 saturated carbocycles. The number of nitrogens with one attached hydrogen (secondary N) is 1. The van der Waals surface area contributed by atoms with Crippen molar-refractivity contribution in [3.63, 3.8) is 0 Å². The fourth-order valence-corrected chi connectivity index (χ4v) is 4.18. The number of alkyl halides is 1. The van der Waals surface area contributed by atoms with Crippen molar-refractivity contribution in [2.75, 3.05) is 18.8 Å². The lowest BCUT2D eigenvalue weighted by molar-refractivity contribution is -0.135. The van der Waals surface area contributed by atoms with Crippen LogP contribution in [0.15, 0.2) is 30.3 Å². The molecule has 1 aromatic rings. The van der Waals surface area contributed by atoms with Gasteiger partial charge in [-0.1, -0.05) is 37.3 Å². The average molecular weight is 342 g/mol. The molecule has 1 heterocycles. The van der Waals surface area contributed by atoms with E-state index >= 15 is 0 Å². The van der Waals surface area contributed by atoms with E-state index in [1.807, 2.05) is 30.3 Å². The fraction of sp³-hybridized carbons (Fsp3) is 0.562. The molecule has 1 fully saturated rings. The number of hydrogen-bond donors (Lipinski definition) is 1. The van der Waals surface area contributed by atoms with E-state index < -0.39 is 21.6 Å². The van der Waals surface area contributed by atoms with E-state index in [0.29, 0.717) is 6.42 Å². The van der Waals surface area contributed by atoms with Crippen LogP contribution >= 0.6 is 0 Å². The van der Waals surface area contributed by atoms with E-state index in [4.69, 9.17) is 0 Å². The molecule has 7 heteroatoms. The van der Waals surface area contributed by atoms with Crippen LogP contribution in [0, 0.1) is 0 Å². The van der Waals surface area contributed by atoms with E-state index in [9.17, 15) is 17.6 Å². The van der Waals surface area contributed by atoms with Gasteiger partial charge in [0.2, 0.25) is 10.0 Å². The molecule has 0 aromatic heterocycles. The van der Waals surface area contributed by atoms with Crippen molar-refractivity contribution in [1.29, 1.82) is 0 Å². The maximum absolute atomic E-state index is 14.8. The van der Waals surface area contributed by atoms with Crippen LogP contribution in [-0.2, 0) is 21.4 Å². The van der Waals surface area contributed by atoms with Crippen LogP contribution < -0.4 is 5.32 Å². The molecule has 1 aliphatic heterocycles. The normalized spacial score (nSPS) is 18.5. The first-order valence-corrected chi connectivity index (χ1v) is 9.47. The molecule has 0 unspecified atom stereocenters. The van der Waals surface area contributed by atoms with Gasteiger partial charge in [0.1, 0.15) is 0 Å². The molecule has 1 amide bonds. The Hall–Kier alpha value is -1.47. The Bertz CT molecular complexity index is 626. The molecular weight excluding hydrogens is 319 g/mol. The van der Waals surface area contributed by atoms with Crippen molar-refractivity contribution in [2.24, 2.45) is 0 Å². The number of halogens is 1. The predicted molar refractivity (Wildman–Crippen MR) is 87.0 cm³/mol. The Morgan fingerprint density at radius 1 is 1.26 bits per heavy atom. The van der Waals surface area contributed by atoms with Crippen LogP contribution in [0.2, 0.25) is 0 Å². The molecule has 0 aliphatic carbocycles. The third-order valence-electron chi connectivity index (χ3n) is 4.07. The minimum absolute atomic E-state index is 0.0532. The van der Waals surface area contributed by atoms with Crippen molar-refractivity contribution in [3.8, 4) is 0 Å². The van der Waals surface area contributed by atoms with E-state index in [1.165, 1.54) is 4.31 Å². The zero-order valence-electron chi connectivity index (χ0n) is 13.3. The monoisotopic (exact) mass is 342 g/mol. The van der Waals surface area contributed by atoms with Gasteiger partial charge in [-0.3, -0.25) is 4.79 Å². The van der Waals surface area contributed by atoms with Crippen molar-refractivity contribution in [3.05, 3.63) is 35.9 Å². The maximum Gasteiger partial charge on any atom is 0.258 e. The number of hydrogen-bond acceptors (Lipinski definition) is 3. The summed E-state index contributed by atoms with van der Waals surface area (Å²) in [5.74, 6) is -0.596. The minimum Gasteiger partial charge on any atom is -0.349 e. The topological polar surface area (TPSA) is 66.5 Å². The Balaban J connectivity index is 1.90. The average Bonchev–Trinajstić information content (AvgIpc) is 2.54. The molecule has 1 aliphatic rings. The van der Waals surface area contributed by atoms with Crippen molar-refractivity contribution in [2.45, 2.75) is 38.4 Å². The first kappa shape index (κ1) is 17.9. The summed E-state index contributed by atoms with van der Waals surface area (Å²) >= 11 is 0. The first-order valence-electron chi connectivity index (χ1n) is 7.86. The fourth-order valence-electron chi connectivity index (χ4n) is 2.67. The Kier molecular flexibility index (Phi) is 5.75. The van der Waals surface area contributed by atoms with Crippen LogP contribution in [0.25, 0.3) is 0 Å². The molecule has 0 radical (unpaired) electrons. The second-order valence-electron chi connectivity index (χ2n) is 5.85. The molecule has 0 atom stereocenters. The third-order valence-corrected chi connectivity index (χ3v) is 6.15. The zero-order chi connectivity index (χ0) is 16.9. The molecule has 23 heavy (non-hydrogen) atoms. The van der Waals surface area contributed by atoms with Gasteiger partial charge in [0.15, 0.2) is 5.67 Å². The molecule has 1 N–H and O–H groups in total. The van der Waals surface area contributed by atoms with Gasteiger partial charge in [0.05, 0.1) is 5.75 Å². The minimum atomic E-state index is -3.33. The predicted octanol–water partition coefficient (Wildman–Crippen LogP) is 1.85. The van der Waals surface area contributed by atoms with Crippen molar-refractivity contribution < 1.29 is 17.6 Å². The number of amides is 1. The largest absolute Gasteiger partial charge is 0.349 e. The lowest BCUT2D eigenvalue weighted by atomic mass is 9.93. The Labute approximate surface area is 136 Å². The number of nitrogens with zero attached hydrogens (tertiary/aromatic N) is 1. The highest BCUT2D eigenvalue weighted by atomic mass is 32.2. The first-order chi connectivity index (χ1) is 10.9. The van der Waals surface area contributed by atoms with Crippen LogP contribution in [0.3, 0.4) is 0 Å². The van der Waals surface area contributed by atoms with Crippen LogP contribution in [0.4, 0.5) is 4.39 Å². The van der Waals surface area contributed by atoms with Gasteiger partial charge in [-0.2, -0.15) is 0 Å². The van der Waals surface area contributed by atoms with Crippen LogP contribution in [-0.4, -0.2) is 43.1 Å². The highest BCUT2D eigenvalue weighted by molar-refractivity contribution is 7.89. The summed E-state index contributed by atoms with van der Waals surface area (Å²) < 4.78 is 40.0. The molecule has 1 saturated heterocycles. The Morgan fingerprint density at radius 2 is 1.87 bits per heavy atom. The second-order valence-corrected chi connectivity index (χ2v) is 7.94. The van der Waals surface area contributed by atoms with Gasteiger partial charge in [-0.05, 0) is 12.0 Å². The van der Waals surface area contributed by atoms with Crippen LogP contribution in [0.1, 0.15) is 31.7 Å². The standard InChI is InChI=1S/C16H23FN2O3S/c1-2-12-23(21,22)19-10-8-16(17,9-11-19)15(20)18-13-14-6-4-3-5-7-14/h3-7H,2,8-13H2,1H3,(H,18,20). The van der Waals surface area contributed by atoms with Gasteiger partial charge in [0.25, 0.3) is 5.91 Å². The van der Waals surface area contributed by atoms with Gasteiger partial charge in [0, 0.05) is 32.5 Å². The summed E-state index contributed by atoms with van der Waals surface area (Å²) in [5.41, 5.74) is -1.10. The highest BCUT2D eigenvalue weighted by Gasteiger charge is 2.43. The number of rotatable bonds is 6. The van der Waals surface area contributed by atoms with Gasteiger partial charge >= 0.3 is 0 Å². The quantitative estimate of drug-likeness (QED) is 0.858. The summed E-state index contributed by atoms with van der Waals surface area (Å²) in [7, 11) is -3.33. The van der Waals surface area contributed by atoms with Gasteiger partial charge < -0.3 is 5.32 Å². The number of benzene rings is 1. The smallest absolute Gasteiger partial charge is 0.258 e. The lowest BCUT2D eigenvalue weighted by Gasteiger charge is -2.34. The highest BCUT2D eigenvalue weighted by Crippen LogP contribution is 2.28. The number of sulfonamides is 1. The van der Waals surface area contributed by atoms with Crippen molar-refractivity contribution in [1.82, 2.24) is 9.62 Å². The SMILES string of the molecule is CCCS(=O)(=O)N1CCC(F)(C(=O)NCc2ccccc2)CC1. The number of carbonyl (C=O) groups is 1. The molecule has 0 spiro atoms. The van der Waals surface area contributed by atoms with Crippen LogP contribution in [0.5, 0.6) is 0 Å². The molecule has 0 bridgehead atoms. The summed E-state index contributed by atoms with van der Waals surface area (Å²) in [5, 5.41) is 2.61. The van der Waals surface area contributed by atoms with Gasteiger partial charge in [-0.15, -0.1) is 0 Å². The maximum atomic E-state index is 14.8. The summed E-state index contributed by atoms with van der Waals surface area (Å²) in [4.78, 5) is 12.1. The third kappa shape index (κ3) is 4.51. The number of carbonyl (C=O) groups excluding carboxylic acids is 1. The number of piperidine rings is 1. The van der Waals surface area contributed by atoms with E-state index in [1.54, 1.807) is 6.92 Å². The van der Waals surface area contributed by atoms with Gasteiger partial charge in [-0.25, -0.2) is 17.1 Å². The zero-order valence-corrected chi connectivity index (χ0v) is 14.1. The summed E-state index contributed by atoms with van der Waals surface area (Å²) in [6, 6.07) is 9.28. The summed E-state index contributed by atoms with van der Waals surface area (Å²) in [6.45, 7) is 2.16. The van der Waals surface area contributed by atoms with E-state index in [-0.39, 0.29) is 38.2 Å². The Morgan fingerprint density at radius 3 is 2.43 bits per heavy atom. The molecule has 2 rings (SSSR count). The van der Waals surface area contributed by atoms with E-state index in [2.05, 4.69) is 5.32 Å². The molecule has 1 aromatic carbocycles. The molecular formula is C16H23FN2O3S. The molecule has 5 nitrogen and oxygen atoms in total.